The van der Waals surface area contributed by atoms with Crippen molar-refractivity contribution in [3.8, 4) is 11.5 Å². The van der Waals surface area contributed by atoms with Crippen molar-refractivity contribution in [2.24, 2.45) is 0 Å². The zero-order valence-corrected chi connectivity index (χ0v) is 14.4. The van der Waals surface area contributed by atoms with Crippen LogP contribution in [0.2, 0.25) is 0 Å². The van der Waals surface area contributed by atoms with E-state index in [2.05, 4.69) is 0 Å². The quantitative estimate of drug-likeness (QED) is 0.643. The molecule has 2 rings (SSSR count). The summed E-state index contributed by atoms with van der Waals surface area (Å²) in [5.74, 6) is -0.350. The van der Waals surface area contributed by atoms with Gasteiger partial charge in [0.25, 0.3) is 5.91 Å². The van der Waals surface area contributed by atoms with E-state index >= 15 is 0 Å². The smallest absolute Gasteiger partial charge is 0.326 e. The summed E-state index contributed by atoms with van der Waals surface area (Å²) in [7, 11) is 3.07. The minimum atomic E-state index is -1.11. The normalized spacial score (nSPS) is 17.5. The van der Waals surface area contributed by atoms with E-state index in [0.29, 0.717) is 22.0 Å². The fraction of sp³-hybridized carbons (Fsp3) is 0.267. The predicted octanol–water partition coefficient (Wildman–Crippen LogP) is 2.38. The fourth-order valence-electron chi connectivity index (χ4n) is 1.99. The van der Waals surface area contributed by atoms with E-state index in [4.69, 9.17) is 26.8 Å². The number of nitrogens with zero attached hydrogens (tertiary/aromatic N) is 1. The summed E-state index contributed by atoms with van der Waals surface area (Å²) in [6, 6.07) is 4.20. The van der Waals surface area contributed by atoms with Crippen molar-refractivity contribution in [3.05, 3.63) is 28.7 Å². The number of carbonyl (C=O) groups is 2. The van der Waals surface area contributed by atoms with Crippen molar-refractivity contribution in [3.63, 3.8) is 0 Å². The Balaban J connectivity index is 2.36. The number of carboxylic acid groups (broad SMARTS) is 1. The van der Waals surface area contributed by atoms with Crippen molar-refractivity contribution in [1.29, 1.82) is 0 Å². The van der Waals surface area contributed by atoms with Crippen LogP contribution in [-0.4, -0.2) is 46.5 Å². The van der Waals surface area contributed by atoms with Gasteiger partial charge in [0.15, 0.2) is 0 Å². The second kappa shape index (κ2) is 7.01. The molecule has 1 atom stereocenters. The Kier molecular flexibility index (Phi) is 5.27. The summed E-state index contributed by atoms with van der Waals surface area (Å²) in [6.45, 7) is 1.42. The number of carboxylic acids is 1. The maximum Gasteiger partial charge on any atom is 0.326 e. The molecule has 1 aliphatic rings. The van der Waals surface area contributed by atoms with Crippen LogP contribution in [0.3, 0.4) is 0 Å². The summed E-state index contributed by atoms with van der Waals surface area (Å²) >= 11 is 6.19. The van der Waals surface area contributed by atoms with E-state index < -0.39 is 17.9 Å². The number of hydrogen-bond acceptors (Lipinski definition) is 6. The Morgan fingerprint density at radius 2 is 1.87 bits per heavy atom. The van der Waals surface area contributed by atoms with Gasteiger partial charge in [0, 0.05) is 6.07 Å². The zero-order valence-electron chi connectivity index (χ0n) is 12.7. The summed E-state index contributed by atoms with van der Waals surface area (Å²) in [4.78, 5) is 25.0. The molecule has 1 saturated heterocycles. The van der Waals surface area contributed by atoms with Gasteiger partial charge >= 0.3 is 5.97 Å². The first-order valence-electron chi connectivity index (χ1n) is 6.60. The lowest BCUT2D eigenvalue weighted by Crippen LogP contribution is -2.41. The summed E-state index contributed by atoms with van der Waals surface area (Å²) in [5.41, 5.74) is 0.699. The van der Waals surface area contributed by atoms with Crippen molar-refractivity contribution < 1.29 is 24.2 Å². The third-order valence-corrected chi connectivity index (χ3v) is 4.57. The van der Waals surface area contributed by atoms with E-state index in [1.807, 2.05) is 0 Å². The molecule has 1 fully saturated rings. The number of benzene rings is 1. The zero-order chi connectivity index (χ0) is 17.1. The molecule has 1 N–H and O–H groups in total. The van der Waals surface area contributed by atoms with Crippen molar-refractivity contribution >= 4 is 46.3 Å². The second-order valence-corrected chi connectivity index (χ2v) is 6.39. The highest BCUT2D eigenvalue weighted by molar-refractivity contribution is 8.26. The van der Waals surface area contributed by atoms with Crippen LogP contribution in [0.25, 0.3) is 6.08 Å². The predicted molar refractivity (Wildman–Crippen MR) is 91.7 cm³/mol. The van der Waals surface area contributed by atoms with E-state index in [1.54, 1.807) is 24.3 Å². The van der Waals surface area contributed by atoms with Gasteiger partial charge in [-0.3, -0.25) is 9.69 Å². The minimum Gasteiger partial charge on any atom is -0.497 e. The summed E-state index contributed by atoms with van der Waals surface area (Å²) in [6.07, 6.45) is 1.64. The molecule has 0 aromatic heterocycles. The monoisotopic (exact) mass is 353 g/mol. The molecule has 0 saturated carbocycles. The molecule has 23 heavy (non-hydrogen) atoms. The van der Waals surface area contributed by atoms with Gasteiger partial charge in [-0.05, 0) is 30.7 Å². The van der Waals surface area contributed by atoms with Crippen LogP contribution in [0.1, 0.15) is 12.5 Å². The minimum absolute atomic E-state index is 0.228. The van der Waals surface area contributed by atoms with Crippen LogP contribution >= 0.6 is 24.0 Å². The Morgan fingerprint density at radius 1 is 1.30 bits per heavy atom. The molecule has 1 amide bonds. The largest absolute Gasteiger partial charge is 0.497 e. The average Bonchev–Trinajstić information content (AvgIpc) is 2.80. The van der Waals surface area contributed by atoms with Gasteiger partial charge in [-0.2, -0.15) is 0 Å². The van der Waals surface area contributed by atoms with Crippen LogP contribution in [-0.2, 0) is 9.59 Å². The first-order chi connectivity index (χ1) is 10.9. The average molecular weight is 353 g/mol. The highest BCUT2D eigenvalue weighted by Crippen LogP contribution is 2.35. The lowest BCUT2D eigenvalue weighted by molar-refractivity contribution is -0.144. The summed E-state index contributed by atoms with van der Waals surface area (Å²) in [5, 5.41) is 9.08. The van der Waals surface area contributed by atoms with Gasteiger partial charge in [-0.15, -0.1) is 0 Å². The Labute approximate surface area is 143 Å². The molecule has 122 valence electrons. The maximum atomic E-state index is 12.4. The number of methoxy groups -OCH3 is 2. The molecule has 1 aromatic carbocycles. The summed E-state index contributed by atoms with van der Waals surface area (Å²) < 4.78 is 10.6. The van der Waals surface area contributed by atoms with Crippen LogP contribution in [0.15, 0.2) is 23.1 Å². The topological polar surface area (TPSA) is 76.1 Å². The Morgan fingerprint density at radius 3 is 2.35 bits per heavy atom. The number of thioether (sulfide) groups is 1. The highest BCUT2D eigenvalue weighted by atomic mass is 32.2. The molecular formula is C15H15NO5S2. The number of rotatable bonds is 5. The van der Waals surface area contributed by atoms with E-state index in [-0.39, 0.29) is 4.32 Å². The standard InChI is InChI=1S/C15H15NO5S2/c1-8(14(18)19)16-13(17)12(23-15(16)22)6-9-4-10(20-2)7-11(5-9)21-3/h4-8H,1-3H3,(H,18,19)/b12-6-/t8-/m1/s1. The maximum absolute atomic E-state index is 12.4. The van der Waals surface area contributed by atoms with Gasteiger partial charge in [-0.1, -0.05) is 24.0 Å². The number of aliphatic carboxylic acids is 1. The van der Waals surface area contributed by atoms with Crippen molar-refractivity contribution in [2.75, 3.05) is 14.2 Å². The van der Waals surface area contributed by atoms with Crippen molar-refractivity contribution in [2.45, 2.75) is 13.0 Å². The molecule has 6 nitrogen and oxygen atoms in total. The van der Waals surface area contributed by atoms with E-state index in [9.17, 15) is 9.59 Å². The first kappa shape index (κ1) is 17.3. The Bertz CT molecular complexity index is 679. The van der Waals surface area contributed by atoms with Gasteiger partial charge in [-0.25, -0.2) is 4.79 Å². The molecule has 1 aliphatic heterocycles. The molecule has 0 spiro atoms. The van der Waals surface area contributed by atoms with Gasteiger partial charge in [0.1, 0.15) is 21.9 Å². The fourth-order valence-corrected chi connectivity index (χ4v) is 3.41. The lowest BCUT2D eigenvalue weighted by Gasteiger charge is -2.18. The number of ether oxygens (including phenoxy) is 2. The lowest BCUT2D eigenvalue weighted by atomic mass is 10.1. The van der Waals surface area contributed by atoms with Gasteiger partial charge in [0.2, 0.25) is 0 Å². The number of hydrogen-bond donors (Lipinski definition) is 1. The third kappa shape index (κ3) is 3.65. The molecule has 0 unspecified atom stereocenters. The van der Waals surface area contributed by atoms with E-state index in [1.165, 1.54) is 21.1 Å². The second-order valence-electron chi connectivity index (χ2n) is 4.71. The van der Waals surface area contributed by atoms with E-state index in [0.717, 1.165) is 16.7 Å². The Hall–Kier alpha value is -2.06. The van der Waals surface area contributed by atoms with Gasteiger partial charge in [0.05, 0.1) is 19.1 Å². The molecule has 0 radical (unpaired) electrons. The van der Waals surface area contributed by atoms with Crippen LogP contribution in [0.4, 0.5) is 0 Å². The van der Waals surface area contributed by atoms with Crippen LogP contribution in [0, 0.1) is 0 Å². The van der Waals surface area contributed by atoms with Crippen LogP contribution < -0.4 is 9.47 Å². The number of thiocarbonyl (C=S) groups is 1. The molecule has 8 heteroatoms. The molecule has 1 heterocycles. The highest BCUT2D eigenvalue weighted by Gasteiger charge is 2.38. The van der Waals surface area contributed by atoms with Crippen molar-refractivity contribution in [1.82, 2.24) is 4.90 Å². The number of amides is 1. The molecule has 0 bridgehead atoms. The molecule has 1 aromatic rings. The number of carbonyl (C=O) groups excluding carboxylic acids is 1. The van der Waals surface area contributed by atoms with Crippen LogP contribution in [0.5, 0.6) is 11.5 Å². The first-order valence-corrected chi connectivity index (χ1v) is 7.82. The molecular weight excluding hydrogens is 338 g/mol. The third-order valence-electron chi connectivity index (χ3n) is 3.24. The molecule has 0 aliphatic carbocycles. The SMILES string of the molecule is COc1cc(/C=C2\SC(=S)N([C@H](C)C(=O)O)C2=O)cc(OC)c1. The van der Waals surface area contributed by atoms with Gasteiger partial charge < -0.3 is 14.6 Å².